The number of benzene rings is 1. The Morgan fingerprint density at radius 1 is 1.14 bits per heavy atom. The van der Waals surface area contributed by atoms with Gasteiger partial charge in [-0.05, 0) is 12.1 Å². The fraction of sp³-hybridized carbons (Fsp3) is 0.429. The van der Waals surface area contributed by atoms with Crippen LogP contribution in [0.25, 0.3) is 0 Å². The second kappa shape index (κ2) is 5.77. The number of hydrogen-bond acceptors (Lipinski definition) is 5. The summed E-state index contributed by atoms with van der Waals surface area (Å²) in [6.45, 7) is 5.07. The molecule has 1 fully saturated rings. The van der Waals surface area contributed by atoms with Gasteiger partial charge >= 0.3 is 0 Å². The van der Waals surface area contributed by atoms with Crippen molar-refractivity contribution in [1.82, 2.24) is 15.1 Å². The van der Waals surface area contributed by atoms with Crippen LogP contribution in [0.2, 0.25) is 0 Å². The number of aromatic nitrogens is 2. The van der Waals surface area contributed by atoms with Crippen molar-refractivity contribution in [3.8, 4) is 0 Å². The summed E-state index contributed by atoms with van der Waals surface area (Å²) in [6, 6.07) is 3.54. The summed E-state index contributed by atoms with van der Waals surface area (Å²) in [5.41, 5.74) is 0.322. The van der Waals surface area contributed by atoms with E-state index >= 15 is 0 Å². The topological polar surface area (TPSA) is 45.4 Å². The molecule has 3 rings (SSSR count). The van der Waals surface area contributed by atoms with Crippen LogP contribution in [0, 0.1) is 18.6 Å². The molecule has 2 aromatic rings. The molecule has 1 aliphatic heterocycles. The van der Waals surface area contributed by atoms with Crippen LogP contribution in [0.15, 0.2) is 22.6 Å². The largest absolute Gasteiger partial charge is 0.424 e. The average molecular weight is 294 g/mol. The van der Waals surface area contributed by atoms with Crippen molar-refractivity contribution in [1.29, 1.82) is 0 Å². The minimum Gasteiger partial charge on any atom is -0.424 e. The van der Waals surface area contributed by atoms with Crippen LogP contribution in [0.5, 0.6) is 0 Å². The third-order valence-electron chi connectivity index (χ3n) is 3.55. The molecule has 21 heavy (non-hydrogen) atoms. The molecule has 0 bridgehead atoms. The van der Waals surface area contributed by atoms with Crippen molar-refractivity contribution in [2.75, 3.05) is 31.1 Å². The fourth-order valence-electron chi connectivity index (χ4n) is 2.47. The van der Waals surface area contributed by atoms with E-state index in [2.05, 4.69) is 15.1 Å². The molecule has 0 spiro atoms. The molecule has 2 heterocycles. The number of piperazine rings is 1. The Balaban J connectivity index is 1.61. The zero-order chi connectivity index (χ0) is 14.8. The first-order valence-electron chi connectivity index (χ1n) is 6.83. The van der Waals surface area contributed by atoms with Gasteiger partial charge < -0.3 is 9.32 Å². The quantitative estimate of drug-likeness (QED) is 0.866. The van der Waals surface area contributed by atoms with E-state index in [9.17, 15) is 8.78 Å². The highest BCUT2D eigenvalue weighted by Crippen LogP contribution is 2.22. The highest BCUT2D eigenvalue weighted by molar-refractivity contribution is 5.48. The Labute approximate surface area is 121 Å². The first-order chi connectivity index (χ1) is 10.1. The molecular weight excluding hydrogens is 278 g/mol. The van der Waals surface area contributed by atoms with Gasteiger partial charge in [0.1, 0.15) is 11.6 Å². The van der Waals surface area contributed by atoms with Crippen LogP contribution in [0.4, 0.5) is 14.5 Å². The van der Waals surface area contributed by atoms with Gasteiger partial charge in [-0.15, -0.1) is 10.2 Å². The van der Waals surface area contributed by atoms with Gasteiger partial charge in [-0.2, -0.15) is 0 Å². The summed E-state index contributed by atoms with van der Waals surface area (Å²) in [4.78, 5) is 4.01. The Bertz CT molecular complexity index is 623. The molecule has 0 aliphatic carbocycles. The zero-order valence-electron chi connectivity index (χ0n) is 11.7. The molecule has 0 radical (unpaired) electrons. The highest BCUT2D eigenvalue weighted by Gasteiger charge is 2.21. The number of aryl methyl sites for hydroxylation is 1. The molecular formula is C14H16F2N4O. The predicted octanol–water partition coefficient (Wildman–Crippen LogP) is 1.98. The van der Waals surface area contributed by atoms with Crippen LogP contribution in [-0.4, -0.2) is 41.3 Å². The molecule has 1 saturated heterocycles. The maximum Gasteiger partial charge on any atom is 0.230 e. The minimum atomic E-state index is -0.421. The lowest BCUT2D eigenvalue weighted by Gasteiger charge is -2.35. The third-order valence-corrected chi connectivity index (χ3v) is 3.55. The molecule has 0 unspecified atom stereocenters. The van der Waals surface area contributed by atoms with Gasteiger partial charge in [-0.3, -0.25) is 4.90 Å². The van der Waals surface area contributed by atoms with E-state index in [1.165, 1.54) is 6.07 Å². The number of nitrogens with zero attached hydrogens (tertiary/aromatic N) is 4. The number of hydrogen-bond donors (Lipinski definition) is 0. The van der Waals surface area contributed by atoms with Crippen molar-refractivity contribution in [3.05, 3.63) is 41.6 Å². The first-order valence-corrected chi connectivity index (χ1v) is 6.83. The van der Waals surface area contributed by atoms with Gasteiger partial charge in [-0.25, -0.2) is 8.78 Å². The molecule has 7 heteroatoms. The van der Waals surface area contributed by atoms with Crippen LogP contribution >= 0.6 is 0 Å². The average Bonchev–Trinajstić information content (AvgIpc) is 2.88. The van der Waals surface area contributed by atoms with Gasteiger partial charge in [0.2, 0.25) is 11.8 Å². The SMILES string of the molecule is Cc1nnc(CN2CCN(c3cc(F)ccc3F)CC2)o1. The van der Waals surface area contributed by atoms with E-state index in [0.717, 1.165) is 25.2 Å². The standard InChI is InChI=1S/C14H16F2N4O/c1-10-17-18-14(21-10)9-19-4-6-20(7-5-19)13-8-11(15)2-3-12(13)16/h2-3,8H,4-7,9H2,1H3. The summed E-state index contributed by atoms with van der Waals surface area (Å²) in [7, 11) is 0. The molecule has 1 aliphatic rings. The molecule has 1 aromatic heterocycles. The lowest BCUT2D eigenvalue weighted by molar-refractivity contribution is 0.224. The molecule has 1 aromatic carbocycles. The normalized spacial score (nSPS) is 16.4. The van der Waals surface area contributed by atoms with Crippen molar-refractivity contribution < 1.29 is 13.2 Å². The van der Waals surface area contributed by atoms with Crippen molar-refractivity contribution >= 4 is 5.69 Å². The maximum atomic E-state index is 13.7. The second-order valence-electron chi connectivity index (χ2n) is 5.07. The summed E-state index contributed by atoms with van der Waals surface area (Å²) in [5, 5.41) is 7.75. The van der Waals surface area contributed by atoms with Crippen LogP contribution in [0.1, 0.15) is 11.8 Å². The van der Waals surface area contributed by atoms with Crippen molar-refractivity contribution in [2.45, 2.75) is 13.5 Å². The van der Waals surface area contributed by atoms with Gasteiger partial charge in [0.15, 0.2) is 0 Å². The molecule has 0 saturated carbocycles. The third kappa shape index (κ3) is 3.18. The van der Waals surface area contributed by atoms with Crippen LogP contribution < -0.4 is 4.90 Å². The Kier molecular flexibility index (Phi) is 3.83. The summed E-state index contributed by atoms with van der Waals surface area (Å²) >= 11 is 0. The molecule has 0 atom stereocenters. The molecule has 0 amide bonds. The lowest BCUT2D eigenvalue weighted by Crippen LogP contribution is -2.46. The van der Waals surface area contributed by atoms with Crippen LogP contribution in [-0.2, 0) is 6.54 Å². The molecule has 5 nitrogen and oxygen atoms in total. The van der Waals surface area contributed by atoms with Gasteiger partial charge in [0, 0.05) is 39.2 Å². The lowest BCUT2D eigenvalue weighted by atomic mass is 10.2. The maximum absolute atomic E-state index is 13.7. The summed E-state index contributed by atoms with van der Waals surface area (Å²) < 4.78 is 32.3. The van der Waals surface area contributed by atoms with Gasteiger partial charge in [0.25, 0.3) is 0 Å². The van der Waals surface area contributed by atoms with E-state index in [1.807, 2.05) is 4.90 Å². The van der Waals surface area contributed by atoms with Crippen LogP contribution in [0.3, 0.4) is 0 Å². The van der Waals surface area contributed by atoms with E-state index in [0.29, 0.717) is 37.1 Å². The van der Waals surface area contributed by atoms with E-state index in [-0.39, 0.29) is 0 Å². The second-order valence-corrected chi connectivity index (χ2v) is 5.07. The van der Waals surface area contributed by atoms with E-state index in [4.69, 9.17) is 4.42 Å². The van der Waals surface area contributed by atoms with Gasteiger partial charge in [0.05, 0.1) is 12.2 Å². The minimum absolute atomic E-state index is 0.322. The zero-order valence-corrected chi connectivity index (χ0v) is 11.7. The smallest absolute Gasteiger partial charge is 0.230 e. The van der Waals surface area contributed by atoms with Gasteiger partial charge in [-0.1, -0.05) is 0 Å². The summed E-state index contributed by atoms with van der Waals surface area (Å²) in [5.74, 6) is 0.316. The van der Waals surface area contributed by atoms with Crippen molar-refractivity contribution in [3.63, 3.8) is 0 Å². The van der Waals surface area contributed by atoms with E-state index < -0.39 is 11.6 Å². The Hall–Kier alpha value is -2.02. The highest BCUT2D eigenvalue weighted by atomic mass is 19.1. The Morgan fingerprint density at radius 2 is 1.90 bits per heavy atom. The number of halogens is 2. The molecule has 112 valence electrons. The fourth-order valence-corrected chi connectivity index (χ4v) is 2.47. The number of anilines is 1. The predicted molar refractivity (Wildman–Crippen MR) is 72.9 cm³/mol. The Morgan fingerprint density at radius 3 is 2.57 bits per heavy atom. The number of rotatable bonds is 3. The first kappa shape index (κ1) is 13.9. The van der Waals surface area contributed by atoms with E-state index in [1.54, 1.807) is 6.92 Å². The molecule has 0 N–H and O–H groups in total. The van der Waals surface area contributed by atoms with Crippen molar-refractivity contribution in [2.24, 2.45) is 0 Å². The summed E-state index contributed by atoms with van der Waals surface area (Å²) in [6.07, 6.45) is 0. The monoisotopic (exact) mass is 294 g/mol.